The van der Waals surface area contributed by atoms with Crippen molar-refractivity contribution in [3.63, 3.8) is 0 Å². The summed E-state index contributed by atoms with van der Waals surface area (Å²) in [5.74, 6) is -4.50. The van der Waals surface area contributed by atoms with Gasteiger partial charge in [-0.3, -0.25) is 10.1 Å². The first kappa shape index (κ1) is 36.0. The maximum Gasteiger partial charge on any atom is 0.573 e. The van der Waals surface area contributed by atoms with Crippen LogP contribution in [0, 0.1) is 0 Å². The number of rotatable bonds is 10. The SMILES string of the molecule is CCC(F)(F)c1ccc(CNC(=O)[C@H]2CN(C(=O)Nc3nc(C(C)(C)O)cs3)CCN2S(=O)(=O)c2ccc(OC(F)(F)F)cc2)cc1. The molecule has 2 heterocycles. The lowest BCUT2D eigenvalue weighted by Gasteiger charge is -2.39. The van der Waals surface area contributed by atoms with Crippen molar-refractivity contribution >= 4 is 38.4 Å². The molecule has 256 valence electrons. The molecule has 3 aromatic rings. The summed E-state index contributed by atoms with van der Waals surface area (Å²) < 4.78 is 97.8. The quantitative estimate of drug-likeness (QED) is 0.253. The summed E-state index contributed by atoms with van der Waals surface area (Å²) in [6.45, 7) is 3.28. The molecule has 1 fully saturated rings. The number of anilines is 1. The average Bonchev–Trinajstić information content (AvgIpc) is 3.48. The molecule has 3 amide bonds. The molecule has 0 aliphatic carbocycles. The van der Waals surface area contributed by atoms with Gasteiger partial charge < -0.3 is 20.1 Å². The van der Waals surface area contributed by atoms with E-state index < -0.39 is 69.5 Å². The maximum absolute atomic E-state index is 14.0. The third-order valence-corrected chi connectivity index (χ3v) is 9.90. The first-order valence-corrected chi connectivity index (χ1v) is 16.5. The van der Waals surface area contributed by atoms with E-state index in [0.29, 0.717) is 11.3 Å². The maximum atomic E-state index is 14.0. The predicted molar refractivity (Wildman–Crippen MR) is 161 cm³/mol. The van der Waals surface area contributed by atoms with Crippen molar-refractivity contribution in [2.75, 3.05) is 25.0 Å². The Morgan fingerprint density at radius 3 is 2.23 bits per heavy atom. The molecule has 2 aromatic carbocycles. The van der Waals surface area contributed by atoms with Gasteiger partial charge in [-0.1, -0.05) is 31.2 Å². The number of halogens is 5. The molecule has 1 aliphatic rings. The Kier molecular flexibility index (Phi) is 10.5. The smallest absolute Gasteiger partial charge is 0.406 e. The van der Waals surface area contributed by atoms with Gasteiger partial charge in [-0.25, -0.2) is 27.0 Å². The lowest BCUT2D eigenvalue weighted by atomic mass is 10.0. The Morgan fingerprint density at radius 2 is 1.68 bits per heavy atom. The summed E-state index contributed by atoms with van der Waals surface area (Å²) in [5.41, 5.74) is -0.718. The minimum Gasteiger partial charge on any atom is -0.406 e. The highest BCUT2D eigenvalue weighted by molar-refractivity contribution is 7.89. The molecule has 18 heteroatoms. The summed E-state index contributed by atoms with van der Waals surface area (Å²) in [7, 11) is -4.49. The fourth-order valence-electron chi connectivity index (χ4n) is 4.56. The number of urea groups is 1. The number of sulfonamides is 1. The minimum absolute atomic E-state index is 0.154. The Balaban J connectivity index is 1.55. The Hall–Kier alpha value is -3.87. The lowest BCUT2D eigenvalue weighted by Crippen LogP contribution is -2.61. The van der Waals surface area contributed by atoms with Gasteiger partial charge in [-0.15, -0.1) is 24.5 Å². The van der Waals surface area contributed by atoms with Gasteiger partial charge in [0.15, 0.2) is 5.13 Å². The van der Waals surface area contributed by atoms with E-state index in [-0.39, 0.29) is 30.3 Å². The third kappa shape index (κ3) is 8.94. The first-order chi connectivity index (χ1) is 21.8. The zero-order valence-electron chi connectivity index (χ0n) is 25.3. The molecule has 1 aliphatic heterocycles. The summed E-state index contributed by atoms with van der Waals surface area (Å²) in [6.07, 6.45) is -5.40. The first-order valence-electron chi connectivity index (χ1n) is 14.2. The number of piperazine rings is 1. The molecule has 0 radical (unpaired) electrons. The minimum atomic E-state index is -4.99. The number of nitrogens with one attached hydrogen (secondary N) is 2. The molecule has 0 spiro atoms. The van der Waals surface area contributed by atoms with Crippen molar-refractivity contribution in [3.05, 3.63) is 70.7 Å². The molecule has 1 saturated heterocycles. The van der Waals surface area contributed by atoms with Gasteiger partial charge in [0.25, 0.3) is 5.92 Å². The van der Waals surface area contributed by atoms with Gasteiger partial charge in [-0.05, 0) is 43.7 Å². The van der Waals surface area contributed by atoms with E-state index >= 15 is 0 Å². The van der Waals surface area contributed by atoms with E-state index in [4.69, 9.17) is 0 Å². The number of thiazole rings is 1. The molecule has 4 rings (SSSR count). The van der Waals surface area contributed by atoms with Crippen molar-refractivity contribution < 1.29 is 49.8 Å². The van der Waals surface area contributed by atoms with Crippen LogP contribution in [0.5, 0.6) is 5.75 Å². The normalized spacial score (nSPS) is 16.5. The second-order valence-corrected chi connectivity index (χ2v) is 13.8. The number of aliphatic hydroxyl groups is 1. The monoisotopic (exact) mass is 705 g/mol. The van der Waals surface area contributed by atoms with Gasteiger partial charge in [0.05, 0.1) is 10.6 Å². The summed E-state index contributed by atoms with van der Waals surface area (Å²) in [4.78, 5) is 31.6. The van der Waals surface area contributed by atoms with Crippen LogP contribution in [0.2, 0.25) is 0 Å². The average molecular weight is 706 g/mol. The van der Waals surface area contributed by atoms with Crippen LogP contribution in [0.4, 0.5) is 31.9 Å². The topological polar surface area (TPSA) is 141 Å². The highest BCUT2D eigenvalue weighted by Crippen LogP contribution is 2.32. The zero-order chi connectivity index (χ0) is 34.8. The van der Waals surface area contributed by atoms with Gasteiger partial charge in [-0.2, -0.15) is 4.31 Å². The van der Waals surface area contributed by atoms with Crippen LogP contribution in [-0.2, 0) is 32.9 Å². The fourth-order valence-corrected chi connectivity index (χ4v) is 6.99. The standard InChI is InChI=1S/C29H32F5N5O6S2/c1-4-28(30,31)19-7-5-18(6-8-19)15-35-24(40)22-16-38(26(41)37-25-36-23(17-46-25)27(2,3)42)13-14-39(22)47(43,44)21-11-9-20(10-12-21)45-29(32,33)34/h5-12,17,22,42H,4,13-16H2,1-3H3,(H,35,40)(H,36,37,41)/t22-/m1/s1. The third-order valence-electron chi connectivity index (χ3n) is 7.22. The Bertz CT molecular complexity index is 1680. The Morgan fingerprint density at radius 1 is 1.04 bits per heavy atom. The number of hydrogen-bond donors (Lipinski definition) is 3. The van der Waals surface area contributed by atoms with Crippen molar-refractivity contribution in [2.45, 2.75) is 62.6 Å². The zero-order valence-corrected chi connectivity index (χ0v) is 27.0. The lowest BCUT2D eigenvalue weighted by molar-refractivity contribution is -0.274. The van der Waals surface area contributed by atoms with Gasteiger partial charge in [0.1, 0.15) is 17.4 Å². The van der Waals surface area contributed by atoms with Crippen LogP contribution < -0.4 is 15.4 Å². The highest BCUT2D eigenvalue weighted by Gasteiger charge is 2.42. The molecule has 1 atom stereocenters. The van der Waals surface area contributed by atoms with Crippen LogP contribution in [0.15, 0.2) is 58.8 Å². The van der Waals surface area contributed by atoms with Crippen LogP contribution in [0.25, 0.3) is 0 Å². The predicted octanol–water partition coefficient (Wildman–Crippen LogP) is 4.99. The molecule has 0 saturated carbocycles. The number of aromatic nitrogens is 1. The molecule has 47 heavy (non-hydrogen) atoms. The number of alkyl halides is 5. The number of hydrogen-bond acceptors (Lipinski definition) is 8. The van der Waals surface area contributed by atoms with Crippen LogP contribution in [0.1, 0.15) is 44.0 Å². The number of ether oxygens (including phenoxy) is 1. The molecule has 0 unspecified atom stereocenters. The van der Waals surface area contributed by atoms with Gasteiger partial charge >= 0.3 is 12.4 Å². The van der Waals surface area contributed by atoms with Crippen molar-refractivity contribution in [1.29, 1.82) is 0 Å². The molecular formula is C29H32F5N5O6S2. The number of carbonyl (C=O) groups excluding carboxylic acids is 2. The van der Waals surface area contributed by atoms with Gasteiger partial charge in [0.2, 0.25) is 15.9 Å². The van der Waals surface area contributed by atoms with E-state index in [1.165, 1.54) is 49.9 Å². The number of carbonyl (C=O) groups is 2. The number of nitrogens with zero attached hydrogens (tertiary/aromatic N) is 3. The molecular weight excluding hydrogens is 673 g/mol. The summed E-state index contributed by atoms with van der Waals surface area (Å²) in [6, 6.07) is 6.51. The molecule has 1 aromatic heterocycles. The van der Waals surface area contributed by atoms with Crippen LogP contribution in [-0.4, -0.2) is 71.7 Å². The van der Waals surface area contributed by atoms with Crippen molar-refractivity contribution in [3.8, 4) is 5.75 Å². The Labute approximate surface area is 271 Å². The molecule has 11 nitrogen and oxygen atoms in total. The van der Waals surface area contributed by atoms with Crippen LogP contribution in [0.3, 0.4) is 0 Å². The van der Waals surface area contributed by atoms with Crippen LogP contribution >= 0.6 is 11.3 Å². The summed E-state index contributed by atoms with van der Waals surface area (Å²) in [5, 5.41) is 17.0. The van der Waals surface area contributed by atoms with Gasteiger partial charge in [0, 0.05) is 43.5 Å². The largest absolute Gasteiger partial charge is 0.573 e. The summed E-state index contributed by atoms with van der Waals surface area (Å²) >= 11 is 1.05. The van der Waals surface area contributed by atoms with Crippen molar-refractivity contribution in [1.82, 2.24) is 19.5 Å². The van der Waals surface area contributed by atoms with E-state index in [1.54, 1.807) is 5.38 Å². The number of benzene rings is 2. The second-order valence-electron chi connectivity index (χ2n) is 11.1. The number of amides is 3. The van der Waals surface area contributed by atoms with E-state index in [2.05, 4.69) is 20.4 Å². The van der Waals surface area contributed by atoms with E-state index in [1.807, 2.05) is 0 Å². The molecule has 3 N–H and O–H groups in total. The highest BCUT2D eigenvalue weighted by atomic mass is 32.2. The second kappa shape index (κ2) is 13.7. The van der Waals surface area contributed by atoms with E-state index in [0.717, 1.165) is 39.9 Å². The fraction of sp³-hybridized carbons (Fsp3) is 0.414. The van der Waals surface area contributed by atoms with Crippen molar-refractivity contribution in [2.24, 2.45) is 0 Å². The molecule has 0 bridgehead atoms. The van der Waals surface area contributed by atoms with E-state index in [9.17, 15) is 45.1 Å².